The summed E-state index contributed by atoms with van der Waals surface area (Å²) >= 11 is 12.5. The van der Waals surface area contributed by atoms with Gasteiger partial charge in [0.25, 0.3) is 0 Å². The maximum atomic E-state index is 13.3. The van der Waals surface area contributed by atoms with Gasteiger partial charge in [-0.05, 0) is 80.5 Å². The van der Waals surface area contributed by atoms with Crippen LogP contribution in [0.5, 0.6) is 5.75 Å². The Hall–Kier alpha value is -1.71. The van der Waals surface area contributed by atoms with Gasteiger partial charge in [0.05, 0.1) is 11.5 Å². The Morgan fingerprint density at radius 1 is 0.964 bits per heavy atom. The fourth-order valence-electron chi connectivity index (χ4n) is 4.54. The van der Waals surface area contributed by atoms with Gasteiger partial charge in [-0.1, -0.05) is 42.1 Å². The van der Waals surface area contributed by atoms with E-state index in [9.17, 15) is 4.79 Å². The number of ether oxygens (including phenoxy) is 1. The molecule has 0 atom stereocenters. The second kappa shape index (κ2) is 8.34. The second-order valence-electron chi connectivity index (χ2n) is 7.92. The second-order valence-corrected chi connectivity index (χ2v) is 8.76. The van der Waals surface area contributed by atoms with Crippen LogP contribution in [0.25, 0.3) is 0 Å². The van der Waals surface area contributed by atoms with Gasteiger partial charge in [-0.3, -0.25) is 4.79 Å². The molecule has 148 valence electrons. The summed E-state index contributed by atoms with van der Waals surface area (Å²) in [4.78, 5) is 13.3. The number of hydrogen-bond acceptors (Lipinski definition) is 2. The van der Waals surface area contributed by atoms with E-state index in [-0.39, 0.29) is 5.91 Å². The maximum absolute atomic E-state index is 13.3. The maximum Gasteiger partial charge on any atom is 0.235 e. The lowest BCUT2D eigenvalue weighted by molar-refractivity contribution is -0.121. The van der Waals surface area contributed by atoms with Crippen LogP contribution in [0.1, 0.15) is 56.9 Å². The molecule has 2 saturated carbocycles. The van der Waals surface area contributed by atoms with E-state index in [4.69, 9.17) is 27.9 Å². The van der Waals surface area contributed by atoms with Gasteiger partial charge in [0, 0.05) is 15.7 Å². The molecular weight excluding hydrogens is 393 g/mol. The third kappa shape index (κ3) is 4.01. The van der Waals surface area contributed by atoms with Gasteiger partial charge in [-0.15, -0.1) is 0 Å². The smallest absolute Gasteiger partial charge is 0.235 e. The van der Waals surface area contributed by atoms with Crippen molar-refractivity contribution in [2.45, 2.75) is 62.9 Å². The number of rotatable bonds is 5. The van der Waals surface area contributed by atoms with Crippen molar-refractivity contribution in [1.29, 1.82) is 0 Å². The van der Waals surface area contributed by atoms with Crippen LogP contribution in [0.3, 0.4) is 0 Å². The van der Waals surface area contributed by atoms with Crippen molar-refractivity contribution >= 4 is 34.8 Å². The SMILES string of the molecule is O=C(Nc1ccc(OC2CCCC2)cc1)C1(c2ccc(Cl)cc2Cl)CCCC1. The van der Waals surface area contributed by atoms with Gasteiger partial charge < -0.3 is 10.1 Å². The fourth-order valence-corrected chi connectivity index (χ4v) is 5.13. The first-order valence-electron chi connectivity index (χ1n) is 10.1. The minimum absolute atomic E-state index is 0.00122. The monoisotopic (exact) mass is 417 g/mol. The molecule has 2 fully saturated rings. The number of carbonyl (C=O) groups excluding carboxylic acids is 1. The molecule has 3 nitrogen and oxygen atoms in total. The first-order chi connectivity index (χ1) is 13.6. The lowest BCUT2D eigenvalue weighted by Gasteiger charge is -2.29. The quantitative estimate of drug-likeness (QED) is 0.582. The van der Waals surface area contributed by atoms with Crippen molar-refractivity contribution < 1.29 is 9.53 Å². The number of benzene rings is 2. The van der Waals surface area contributed by atoms with E-state index in [0.29, 0.717) is 16.1 Å². The van der Waals surface area contributed by atoms with Crippen LogP contribution in [0.2, 0.25) is 10.0 Å². The lowest BCUT2D eigenvalue weighted by atomic mass is 9.78. The molecule has 0 bridgehead atoms. The van der Waals surface area contributed by atoms with Gasteiger partial charge in [0.2, 0.25) is 5.91 Å². The highest BCUT2D eigenvalue weighted by Gasteiger charge is 2.44. The van der Waals surface area contributed by atoms with Crippen LogP contribution in [0, 0.1) is 0 Å². The summed E-state index contributed by atoms with van der Waals surface area (Å²) in [5.74, 6) is 0.861. The Labute approximate surface area is 176 Å². The van der Waals surface area contributed by atoms with Gasteiger partial charge >= 0.3 is 0 Å². The molecule has 5 heteroatoms. The van der Waals surface area contributed by atoms with Crippen LogP contribution in [0.15, 0.2) is 42.5 Å². The molecule has 0 unspecified atom stereocenters. The summed E-state index contributed by atoms with van der Waals surface area (Å²) in [5, 5.41) is 4.24. The van der Waals surface area contributed by atoms with Crippen LogP contribution >= 0.6 is 23.2 Å². The molecule has 2 aromatic rings. The van der Waals surface area contributed by atoms with E-state index < -0.39 is 5.41 Å². The highest BCUT2D eigenvalue weighted by atomic mass is 35.5. The summed E-state index contributed by atoms with van der Waals surface area (Å²) in [5.41, 5.74) is 1.05. The first kappa shape index (κ1) is 19.6. The molecule has 1 N–H and O–H groups in total. The molecule has 0 radical (unpaired) electrons. The zero-order valence-corrected chi connectivity index (χ0v) is 17.4. The number of anilines is 1. The average Bonchev–Trinajstić information content (AvgIpc) is 3.36. The average molecular weight is 418 g/mol. The molecule has 0 saturated heterocycles. The number of carbonyl (C=O) groups is 1. The molecular formula is C23H25Cl2NO2. The molecule has 0 heterocycles. The molecule has 2 aliphatic carbocycles. The predicted octanol–water partition coefficient (Wildman–Crippen LogP) is 6.77. The summed E-state index contributed by atoms with van der Waals surface area (Å²) in [6, 6.07) is 13.1. The Bertz CT molecular complexity index is 838. The number of halogens is 2. The molecule has 0 aromatic heterocycles. The van der Waals surface area contributed by atoms with E-state index in [1.165, 1.54) is 12.8 Å². The molecule has 0 aliphatic heterocycles. The standard InChI is InChI=1S/C23H25Cl2NO2/c24-16-7-12-20(21(25)15-16)23(13-3-4-14-23)22(27)26-17-8-10-19(11-9-17)28-18-5-1-2-6-18/h7-12,15,18H,1-6,13-14H2,(H,26,27). The van der Waals surface area contributed by atoms with Gasteiger partial charge in [0.1, 0.15) is 5.75 Å². The van der Waals surface area contributed by atoms with E-state index in [1.807, 2.05) is 36.4 Å². The molecule has 2 aliphatic rings. The molecule has 1 amide bonds. The van der Waals surface area contributed by atoms with Crippen molar-refractivity contribution in [3.05, 3.63) is 58.1 Å². The number of amides is 1. The normalized spacial score (nSPS) is 18.9. The van der Waals surface area contributed by atoms with E-state index in [0.717, 1.165) is 55.5 Å². The van der Waals surface area contributed by atoms with Crippen molar-refractivity contribution in [2.24, 2.45) is 0 Å². The largest absolute Gasteiger partial charge is 0.490 e. The summed E-state index contributed by atoms with van der Waals surface area (Å²) in [7, 11) is 0. The highest BCUT2D eigenvalue weighted by Crippen LogP contribution is 2.45. The molecule has 28 heavy (non-hydrogen) atoms. The minimum atomic E-state index is -0.597. The van der Waals surface area contributed by atoms with Gasteiger partial charge in [0.15, 0.2) is 0 Å². The third-order valence-corrected chi connectivity index (χ3v) is 6.60. The highest BCUT2D eigenvalue weighted by molar-refractivity contribution is 6.35. The lowest BCUT2D eigenvalue weighted by Crippen LogP contribution is -2.38. The Kier molecular flexibility index (Phi) is 5.84. The Morgan fingerprint density at radius 2 is 1.64 bits per heavy atom. The van der Waals surface area contributed by atoms with E-state index in [1.54, 1.807) is 6.07 Å². The summed E-state index contributed by atoms with van der Waals surface area (Å²) in [6.45, 7) is 0. The summed E-state index contributed by atoms with van der Waals surface area (Å²) in [6.07, 6.45) is 8.69. The minimum Gasteiger partial charge on any atom is -0.490 e. The van der Waals surface area contributed by atoms with Gasteiger partial charge in [-0.2, -0.15) is 0 Å². The third-order valence-electron chi connectivity index (χ3n) is 6.06. The summed E-state index contributed by atoms with van der Waals surface area (Å²) < 4.78 is 6.01. The Balaban J connectivity index is 1.50. The van der Waals surface area contributed by atoms with Crippen LogP contribution < -0.4 is 10.1 Å². The fraction of sp³-hybridized carbons (Fsp3) is 0.435. The van der Waals surface area contributed by atoms with Crippen molar-refractivity contribution in [3.63, 3.8) is 0 Å². The topological polar surface area (TPSA) is 38.3 Å². The van der Waals surface area contributed by atoms with Crippen molar-refractivity contribution in [1.82, 2.24) is 0 Å². The zero-order chi connectivity index (χ0) is 19.6. The molecule has 2 aromatic carbocycles. The predicted molar refractivity (Wildman–Crippen MR) is 115 cm³/mol. The van der Waals surface area contributed by atoms with E-state index >= 15 is 0 Å². The van der Waals surface area contributed by atoms with Crippen LogP contribution in [0.4, 0.5) is 5.69 Å². The molecule has 4 rings (SSSR count). The van der Waals surface area contributed by atoms with Gasteiger partial charge in [-0.25, -0.2) is 0 Å². The number of hydrogen-bond donors (Lipinski definition) is 1. The number of nitrogens with one attached hydrogen (secondary N) is 1. The first-order valence-corrected chi connectivity index (χ1v) is 10.9. The van der Waals surface area contributed by atoms with Crippen molar-refractivity contribution in [2.75, 3.05) is 5.32 Å². The molecule has 0 spiro atoms. The van der Waals surface area contributed by atoms with Crippen molar-refractivity contribution in [3.8, 4) is 5.75 Å². The Morgan fingerprint density at radius 3 is 2.29 bits per heavy atom. The van der Waals surface area contributed by atoms with E-state index in [2.05, 4.69) is 5.32 Å². The van der Waals surface area contributed by atoms with Crippen LogP contribution in [-0.4, -0.2) is 12.0 Å². The zero-order valence-electron chi connectivity index (χ0n) is 15.8. The van der Waals surface area contributed by atoms with Crippen LogP contribution in [-0.2, 0) is 10.2 Å².